The number of benzene rings is 20. The van der Waals surface area contributed by atoms with Crippen LogP contribution in [-0.4, -0.2) is 0 Å². The zero-order valence-electron chi connectivity index (χ0n) is 58.9. The topological polar surface area (TPSA) is 0 Å². The van der Waals surface area contributed by atoms with Gasteiger partial charge in [-0.3, -0.25) is 0 Å². The lowest BCUT2D eigenvalue weighted by Crippen LogP contribution is -1.88. The van der Waals surface area contributed by atoms with E-state index in [0.29, 0.717) is 0 Å². The van der Waals surface area contributed by atoms with Gasteiger partial charge in [0.2, 0.25) is 0 Å². The summed E-state index contributed by atoms with van der Waals surface area (Å²) in [5.41, 5.74) is 13.5. The molecule has 20 aromatic carbocycles. The van der Waals surface area contributed by atoms with Crippen molar-refractivity contribution < 1.29 is 0 Å². The van der Waals surface area contributed by atoms with Gasteiger partial charge >= 0.3 is 0 Å². The number of rotatable bonds is 0. The highest BCUT2D eigenvalue weighted by atomic mass is 14.2. The quantitative estimate of drug-likeness (QED) is 0.105. The fraction of sp³-hybridized carbons (Fsp3) is 0.100. The Bertz CT molecular complexity index is 6310. The molecule has 0 spiro atoms. The van der Waals surface area contributed by atoms with Gasteiger partial charge in [0.05, 0.1) is 0 Å². The second-order valence-electron chi connectivity index (χ2n) is 27.9. The Morgan fingerprint density at radius 3 is 0.840 bits per heavy atom. The lowest BCUT2D eigenvalue weighted by Gasteiger charge is -2.14. The van der Waals surface area contributed by atoms with E-state index in [0.717, 1.165) is 0 Å². The highest BCUT2D eigenvalue weighted by Gasteiger charge is 2.15. The molecule has 20 rings (SSSR count). The Morgan fingerprint density at radius 2 is 0.400 bits per heavy atom. The molecule has 0 amide bonds. The highest BCUT2D eigenvalue weighted by molar-refractivity contribution is 6.28. The van der Waals surface area contributed by atoms with Gasteiger partial charge in [0, 0.05) is 0 Å². The third-order valence-electron chi connectivity index (χ3n) is 21.5. The van der Waals surface area contributed by atoms with Crippen molar-refractivity contribution in [2.45, 2.75) is 69.2 Å². The molecule has 0 N–H and O–H groups in total. The van der Waals surface area contributed by atoms with Crippen LogP contribution < -0.4 is 0 Å². The SMILES string of the molecule is Cc1c2ccccc2c(C)c2cc3ccccc3cc12.Cc1ccc(C)c2c1ccc1c3ccccc3ccc12.Cc1ccc(C)c2c3ccccc3c3ccccc3c12.Cc1ccc(C)c2cc3cc4ccccc4cc3cc12.Cc1ccc2c3ccc(C)cc3c3ccccc3c2c1. The molecule has 0 heterocycles. The summed E-state index contributed by atoms with van der Waals surface area (Å²) in [5, 5.41) is 40.6. The van der Waals surface area contributed by atoms with E-state index in [1.165, 1.54) is 217 Å². The zero-order chi connectivity index (χ0) is 68.4. The van der Waals surface area contributed by atoms with Gasteiger partial charge in [-0.15, -0.1) is 0 Å². The van der Waals surface area contributed by atoms with Crippen molar-refractivity contribution in [3.63, 3.8) is 0 Å². The molecule has 0 aliphatic heterocycles. The molecule has 0 atom stereocenters. The molecule has 20 aromatic rings. The molecule has 0 fully saturated rings. The van der Waals surface area contributed by atoms with Crippen LogP contribution in [0.25, 0.3) is 162 Å². The molecule has 0 radical (unpaired) electrons. The molecule has 0 aliphatic rings. The summed E-state index contributed by atoms with van der Waals surface area (Å²) in [6.07, 6.45) is 0. The Labute approximate surface area is 586 Å². The van der Waals surface area contributed by atoms with Crippen molar-refractivity contribution in [3.8, 4) is 0 Å². The second-order valence-corrected chi connectivity index (χ2v) is 27.9. The Morgan fingerprint density at radius 1 is 0.130 bits per heavy atom. The predicted octanol–water partition coefficient (Wildman–Crippen LogP) is 28.8. The maximum Gasteiger partial charge on any atom is -0.00670 e. The maximum atomic E-state index is 2.33. The van der Waals surface area contributed by atoms with Crippen LogP contribution in [0.15, 0.2) is 303 Å². The van der Waals surface area contributed by atoms with Crippen molar-refractivity contribution in [1.29, 1.82) is 0 Å². The van der Waals surface area contributed by atoms with Crippen molar-refractivity contribution in [2.75, 3.05) is 0 Å². The first kappa shape index (κ1) is 63.1. The first-order chi connectivity index (χ1) is 48.7. The van der Waals surface area contributed by atoms with Gasteiger partial charge in [0.15, 0.2) is 0 Å². The Hall–Kier alpha value is -11.7. The van der Waals surface area contributed by atoms with Crippen LogP contribution in [0.4, 0.5) is 0 Å². The molecular weight excluding hydrogens is 1200 g/mol. The van der Waals surface area contributed by atoms with Gasteiger partial charge in [0.1, 0.15) is 0 Å². The maximum absolute atomic E-state index is 2.33. The molecule has 100 heavy (non-hydrogen) atoms. The summed E-state index contributed by atoms with van der Waals surface area (Å²) in [7, 11) is 0. The lowest BCUT2D eigenvalue weighted by atomic mass is 9.90. The van der Waals surface area contributed by atoms with Crippen LogP contribution in [0.3, 0.4) is 0 Å². The number of aryl methyl sites for hydroxylation is 10. The van der Waals surface area contributed by atoms with Gasteiger partial charge in [-0.2, -0.15) is 0 Å². The molecule has 0 aliphatic carbocycles. The van der Waals surface area contributed by atoms with Gasteiger partial charge in [-0.05, 0) is 312 Å². The second kappa shape index (κ2) is 25.9. The zero-order valence-corrected chi connectivity index (χ0v) is 58.9. The third kappa shape index (κ3) is 11.2. The van der Waals surface area contributed by atoms with E-state index in [4.69, 9.17) is 0 Å². The van der Waals surface area contributed by atoms with Gasteiger partial charge < -0.3 is 0 Å². The summed E-state index contributed by atoms with van der Waals surface area (Å²) in [4.78, 5) is 0. The van der Waals surface area contributed by atoms with Crippen LogP contribution in [0, 0.1) is 69.2 Å². The summed E-state index contributed by atoms with van der Waals surface area (Å²) >= 11 is 0. The van der Waals surface area contributed by atoms with Crippen molar-refractivity contribution >= 4 is 162 Å². The Balaban J connectivity index is 0.0000000972. The normalized spacial score (nSPS) is 11.5. The molecule has 0 heteroatoms. The smallest absolute Gasteiger partial charge is 0.00670 e. The average Bonchev–Trinajstić information content (AvgIpc) is 0.749. The standard InChI is InChI=1S/5C20H16/c1-13-11-12-14(2)20-18-10-6-4-8-16(18)15-7-3-5-9-17(15)19(13)20;1-13-17-9-5-6-10-18(17)14(2)20-12-16-8-4-3-7-15(16)11-19(13)20;1-13-7-9-17-18-10-8-14(2)12-20(18)16-6-4-3-5-15(16)19(17)11-13;1-13-7-8-14(2)20-12-18-10-16-6-4-3-5-15(16)9-17(18)11-19(13)20;1-13-7-8-14(2)20-16(13)11-12-18-17-6-4-3-5-15(17)9-10-19(18)20/h5*3-12H,1-2H3. The van der Waals surface area contributed by atoms with Crippen LogP contribution in [0.5, 0.6) is 0 Å². The van der Waals surface area contributed by atoms with Crippen LogP contribution >= 0.6 is 0 Å². The monoisotopic (exact) mass is 1280 g/mol. The summed E-state index contributed by atoms with van der Waals surface area (Å²) in [6, 6.07) is 111. The molecule has 0 aromatic heterocycles. The third-order valence-corrected chi connectivity index (χ3v) is 21.5. The number of hydrogen-bond acceptors (Lipinski definition) is 0. The minimum atomic E-state index is 1.31. The molecule has 480 valence electrons. The van der Waals surface area contributed by atoms with Gasteiger partial charge in [-0.25, -0.2) is 0 Å². The van der Waals surface area contributed by atoms with E-state index in [2.05, 4.69) is 373 Å². The minimum absolute atomic E-state index is 1.31. The van der Waals surface area contributed by atoms with Gasteiger partial charge in [0.25, 0.3) is 0 Å². The Kier molecular flexibility index (Phi) is 16.4. The number of hydrogen-bond donors (Lipinski definition) is 0. The van der Waals surface area contributed by atoms with E-state index in [-0.39, 0.29) is 0 Å². The van der Waals surface area contributed by atoms with E-state index < -0.39 is 0 Å². The molecule has 0 saturated carbocycles. The summed E-state index contributed by atoms with van der Waals surface area (Å²) in [6.45, 7) is 22.0. The first-order valence-corrected chi connectivity index (χ1v) is 35.3. The van der Waals surface area contributed by atoms with Crippen molar-refractivity contribution in [3.05, 3.63) is 359 Å². The van der Waals surface area contributed by atoms with Crippen molar-refractivity contribution in [2.24, 2.45) is 0 Å². The molecule has 0 saturated heterocycles. The fourth-order valence-corrected chi connectivity index (χ4v) is 16.2. The fourth-order valence-electron chi connectivity index (χ4n) is 16.2. The summed E-state index contributed by atoms with van der Waals surface area (Å²) in [5.74, 6) is 0. The lowest BCUT2D eigenvalue weighted by molar-refractivity contribution is 1.47. The van der Waals surface area contributed by atoms with Crippen LogP contribution in [-0.2, 0) is 0 Å². The largest absolute Gasteiger partial charge is 0.0616 e. The highest BCUT2D eigenvalue weighted by Crippen LogP contribution is 2.41. The van der Waals surface area contributed by atoms with Crippen LogP contribution in [0.1, 0.15) is 55.6 Å². The van der Waals surface area contributed by atoms with E-state index >= 15 is 0 Å². The molecular formula is C100H80. The molecule has 0 nitrogen and oxygen atoms in total. The van der Waals surface area contributed by atoms with Gasteiger partial charge in [-0.1, -0.05) is 278 Å². The van der Waals surface area contributed by atoms with Crippen LogP contribution in [0.2, 0.25) is 0 Å². The molecule has 0 unspecified atom stereocenters. The summed E-state index contributed by atoms with van der Waals surface area (Å²) < 4.78 is 0. The van der Waals surface area contributed by atoms with Crippen molar-refractivity contribution in [1.82, 2.24) is 0 Å². The average molecular weight is 1280 g/mol. The van der Waals surface area contributed by atoms with E-state index in [1.807, 2.05) is 0 Å². The number of fused-ring (bicyclic) bond motifs is 23. The van der Waals surface area contributed by atoms with E-state index in [1.54, 1.807) is 0 Å². The predicted molar refractivity (Wildman–Crippen MR) is 442 cm³/mol. The minimum Gasteiger partial charge on any atom is -0.0616 e. The van der Waals surface area contributed by atoms with E-state index in [9.17, 15) is 0 Å². The first-order valence-electron chi connectivity index (χ1n) is 35.3. The molecule has 0 bridgehead atoms.